The van der Waals surface area contributed by atoms with E-state index in [4.69, 9.17) is 9.84 Å². The van der Waals surface area contributed by atoms with Gasteiger partial charge in [-0.1, -0.05) is 31.1 Å². The van der Waals surface area contributed by atoms with Crippen LogP contribution >= 0.6 is 0 Å². The summed E-state index contributed by atoms with van der Waals surface area (Å²) in [6.45, 7) is 3.71. The molecule has 28 heavy (non-hydrogen) atoms. The van der Waals surface area contributed by atoms with E-state index < -0.39 is 15.8 Å². The van der Waals surface area contributed by atoms with Crippen LogP contribution in [0.25, 0.3) is 0 Å². The zero-order valence-electron chi connectivity index (χ0n) is 16.9. The Labute approximate surface area is 170 Å². The lowest BCUT2D eigenvalue weighted by molar-refractivity contribution is -0.137. The highest BCUT2D eigenvalue weighted by molar-refractivity contribution is 7.91. The molecule has 0 saturated carbocycles. The highest BCUT2D eigenvalue weighted by Crippen LogP contribution is 2.45. The lowest BCUT2D eigenvalue weighted by Gasteiger charge is -2.27. The van der Waals surface area contributed by atoms with Crippen molar-refractivity contribution in [1.82, 2.24) is 0 Å². The fraction of sp³-hybridized carbons (Fsp3) is 0.773. The molecule has 0 radical (unpaired) electrons. The molecular formula is C22H36O5S. The third-order valence-corrected chi connectivity index (χ3v) is 7.79. The van der Waals surface area contributed by atoms with E-state index in [-0.39, 0.29) is 42.0 Å². The first-order valence-corrected chi connectivity index (χ1v) is 12.6. The van der Waals surface area contributed by atoms with E-state index in [1.54, 1.807) is 0 Å². The summed E-state index contributed by atoms with van der Waals surface area (Å²) in [6, 6.07) is 0. The molecule has 2 fully saturated rings. The molecule has 0 spiro atoms. The maximum atomic E-state index is 12.6. The summed E-state index contributed by atoms with van der Waals surface area (Å²) in [7, 11) is -3.05. The highest BCUT2D eigenvalue weighted by Gasteiger charge is 2.49. The predicted octanol–water partition coefficient (Wildman–Crippen LogP) is 4.53. The Morgan fingerprint density at radius 2 is 1.71 bits per heavy atom. The first kappa shape index (κ1) is 23.1. The minimum Gasteiger partial charge on any atom is -0.481 e. The minimum atomic E-state index is -3.05. The van der Waals surface area contributed by atoms with Crippen molar-refractivity contribution >= 4 is 15.8 Å². The Morgan fingerprint density at radius 3 is 2.43 bits per heavy atom. The van der Waals surface area contributed by atoms with Crippen LogP contribution in [-0.2, 0) is 19.4 Å². The molecular weight excluding hydrogens is 376 g/mol. The van der Waals surface area contributed by atoms with E-state index in [1.807, 2.05) is 12.2 Å². The molecule has 4 atom stereocenters. The van der Waals surface area contributed by atoms with Gasteiger partial charge < -0.3 is 9.84 Å². The highest BCUT2D eigenvalue weighted by atomic mass is 32.2. The number of carboxylic acids is 1. The second-order valence-electron chi connectivity index (χ2n) is 8.22. The molecule has 2 rings (SSSR count). The lowest BCUT2D eigenvalue weighted by Crippen LogP contribution is -2.33. The molecule has 0 aromatic carbocycles. The first-order valence-electron chi connectivity index (χ1n) is 10.8. The fourth-order valence-electron chi connectivity index (χ4n) is 4.51. The average molecular weight is 413 g/mol. The predicted molar refractivity (Wildman–Crippen MR) is 112 cm³/mol. The molecule has 0 aromatic rings. The summed E-state index contributed by atoms with van der Waals surface area (Å²) in [4.78, 5) is 10.5. The molecule has 2 aliphatic rings. The largest absolute Gasteiger partial charge is 0.481 e. The Balaban J connectivity index is 1.77. The molecule has 1 unspecified atom stereocenters. The summed E-state index contributed by atoms with van der Waals surface area (Å²) in [5.74, 6) is 0.149. The summed E-state index contributed by atoms with van der Waals surface area (Å²) in [6.07, 6.45) is 15.6. The van der Waals surface area contributed by atoms with Crippen LogP contribution in [0.3, 0.4) is 0 Å². The van der Waals surface area contributed by atoms with Crippen molar-refractivity contribution in [3.8, 4) is 0 Å². The molecule has 2 bridgehead atoms. The van der Waals surface area contributed by atoms with Crippen LogP contribution in [0, 0.1) is 11.8 Å². The van der Waals surface area contributed by atoms with Gasteiger partial charge in [-0.3, -0.25) is 4.79 Å². The molecule has 0 amide bonds. The van der Waals surface area contributed by atoms with Crippen LogP contribution in [-0.4, -0.2) is 43.2 Å². The van der Waals surface area contributed by atoms with Gasteiger partial charge in [-0.25, -0.2) is 8.42 Å². The van der Waals surface area contributed by atoms with Crippen molar-refractivity contribution in [3.05, 3.63) is 24.8 Å². The summed E-state index contributed by atoms with van der Waals surface area (Å²) in [5.41, 5.74) is 0. The van der Waals surface area contributed by atoms with Crippen LogP contribution in [0.4, 0.5) is 0 Å². The van der Waals surface area contributed by atoms with Gasteiger partial charge in [0, 0.05) is 12.3 Å². The Morgan fingerprint density at radius 1 is 1.00 bits per heavy atom. The van der Waals surface area contributed by atoms with Gasteiger partial charge in [0.05, 0.1) is 23.7 Å². The summed E-state index contributed by atoms with van der Waals surface area (Å²) < 4.78 is 31.3. The third-order valence-electron chi connectivity index (χ3n) is 5.99. The van der Waals surface area contributed by atoms with Crippen molar-refractivity contribution in [2.75, 3.05) is 11.5 Å². The molecule has 2 aliphatic heterocycles. The number of aliphatic carboxylic acids is 1. The van der Waals surface area contributed by atoms with Crippen molar-refractivity contribution in [2.45, 2.75) is 82.8 Å². The normalized spacial score (nSPS) is 26.9. The Hall–Kier alpha value is -1.14. The second kappa shape index (κ2) is 11.8. The van der Waals surface area contributed by atoms with Gasteiger partial charge in [-0.2, -0.15) is 0 Å². The number of fused-ring (bicyclic) bond motifs is 2. The third kappa shape index (κ3) is 7.70. The van der Waals surface area contributed by atoms with E-state index in [1.165, 1.54) is 0 Å². The molecule has 2 heterocycles. The Kier molecular flexibility index (Phi) is 9.72. The van der Waals surface area contributed by atoms with Crippen molar-refractivity contribution in [2.24, 2.45) is 11.8 Å². The van der Waals surface area contributed by atoms with Gasteiger partial charge in [0.25, 0.3) is 0 Å². The number of ether oxygens (including phenoxy) is 1. The molecule has 6 heteroatoms. The van der Waals surface area contributed by atoms with Gasteiger partial charge in [0.1, 0.15) is 0 Å². The number of carbonyl (C=O) groups is 1. The maximum Gasteiger partial charge on any atom is 0.303 e. The minimum absolute atomic E-state index is 0.0952. The van der Waals surface area contributed by atoms with E-state index in [9.17, 15) is 13.2 Å². The lowest BCUT2D eigenvalue weighted by atomic mass is 9.78. The van der Waals surface area contributed by atoms with Crippen molar-refractivity contribution in [1.29, 1.82) is 0 Å². The van der Waals surface area contributed by atoms with E-state index >= 15 is 0 Å². The molecule has 0 aliphatic carbocycles. The standard InChI is InChI=1S/C22H36O5S/c1-2-3-4-5-8-11-16-28(25,26)17-19-18(20-14-15-21(19)27-20)12-9-6-7-10-13-22(23)24/h2,6,9,18-21H,1,3-5,7-8,10-17H2,(H,23,24)/b9-6-/t18-,19-,20?,21+/m1/s1. The number of rotatable bonds is 15. The zero-order valence-corrected chi connectivity index (χ0v) is 17.7. The van der Waals surface area contributed by atoms with E-state index in [0.717, 1.165) is 57.8 Å². The van der Waals surface area contributed by atoms with Gasteiger partial charge in [-0.05, 0) is 57.3 Å². The molecule has 1 N–H and O–H groups in total. The molecule has 5 nitrogen and oxygen atoms in total. The molecule has 0 aromatic heterocycles. The van der Waals surface area contributed by atoms with E-state index in [0.29, 0.717) is 6.42 Å². The fourth-order valence-corrected chi connectivity index (χ4v) is 6.37. The summed E-state index contributed by atoms with van der Waals surface area (Å²) in [5, 5.41) is 8.67. The topological polar surface area (TPSA) is 80.7 Å². The number of unbranched alkanes of at least 4 members (excludes halogenated alkanes) is 5. The average Bonchev–Trinajstić information content (AvgIpc) is 3.23. The monoisotopic (exact) mass is 412 g/mol. The van der Waals surface area contributed by atoms with E-state index in [2.05, 4.69) is 12.7 Å². The zero-order chi connectivity index (χ0) is 20.4. The number of carboxylic acid groups (broad SMARTS) is 1. The van der Waals surface area contributed by atoms with Gasteiger partial charge >= 0.3 is 5.97 Å². The van der Waals surface area contributed by atoms with Gasteiger partial charge in [0.2, 0.25) is 0 Å². The molecule has 160 valence electrons. The van der Waals surface area contributed by atoms with Gasteiger partial charge in [-0.15, -0.1) is 6.58 Å². The Bertz CT molecular complexity index is 625. The number of sulfone groups is 1. The first-order chi connectivity index (χ1) is 13.4. The van der Waals surface area contributed by atoms with Crippen molar-refractivity contribution in [3.63, 3.8) is 0 Å². The van der Waals surface area contributed by atoms with Crippen LogP contribution in [0.2, 0.25) is 0 Å². The van der Waals surface area contributed by atoms with Crippen LogP contribution in [0.5, 0.6) is 0 Å². The molecule has 2 saturated heterocycles. The van der Waals surface area contributed by atoms with Gasteiger partial charge in [0.15, 0.2) is 9.84 Å². The van der Waals surface area contributed by atoms with Crippen LogP contribution in [0.1, 0.15) is 70.6 Å². The summed E-state index contributed by atoms with van der Waals surface area (Å²) >= 11 is 0. The van der Waals surface area contributed by atoms with Crippen molar-refractivity contribution < 1.29 is 23.1 Å². The SMILES string of the molecule is C=CCCCCCCS(=O)(=O)C[C@H]1[C@@H]2CCC(O2)[C@@H]1C/C=C\CCCC(=O)O. The smallest absolute Gasteiger partial charge is 0.303 e. The van der Waals surface area contributed by atoms with Crippen LogP contribution in [0.15, 0.2) is 24.8 Å². The maximum absolute atomic E-state index is 12.6. The second-order valence-corrected chi connectivity index (χ2v) is 10.4. The quantitative estimate of drug-likeness (QED) is 0.316. The number of hydrogen-bond acceptors (Lipinski definition) is 4. The van der Waals surface area contributed by atoms with Crippen LogP contribution < -0.4 is 0 Å². The number of allylic oxidation sites excluding steroid dienone is 3. The number of hydrogen-bond donors (Lipinski definition) is 1.